The highest BCUT2D eigenvalue weighted by Gasteiger charge is 2.79. The van der Waals surface area contributed by atoms with Crippen LogP contribution in [-0.4, -0.2) is 76.6 Å². The largest absolute Gasteiger partial charge is 0.394 e. The van der Waals surface area contributed by atoms with Gasteiger partial charge in [0.2, 0.25) is 11.8 Å². The number of fused-ring (bicyclic) bond motifs is 1. The summed E-state index contributed by atoms with van der Waals surface area (Å²) in [5, 5.41) is 10.8. The first-order valence-electron chi connectivity index (χ1n) is 14.6. The lowest BCUT2D eigenvalue weighted by Gasteiger charge is -2.40. The highest BCUT2D eigenvalue weighted by Crippen LogP contribution is 2.64. The number of aryl methyl sites for hydroxylation is 2. The highest BCUT2D eigenvalue weighted by molar-refractivity contribution is 6.06. The Labute approximate surface area is 248 Å². The third kappa shape index (κ3) is 4.39. The molecule has 3 aliphatic rings. The Bertz CT molecular complexity index is 1390. The molecule has 6 atom stereocenters. The molecule has 5 rings (SSSR count). The number of para-hydroxylation sites is 1. The van der Waals surface area contributed by atoms with Crippen LogP contribution in [0, 0.1) is 25.7 Å². The van der Waals surface area contributed by atoms with Crippen LogP contribution in [0.15, 0.2) is 73.8 Å². The third-order valence-corrected chi connectivity index (χ3v) is 9.47. The van der Waals surface area contributed by atoms with Gasteiger partial charge in [-0.25, -0.2) is 0 Å². The van der Waals surface area contributed by atoms with Gasteiger partial charge in [0, 0.05) is 25.8 Å². The van der Waals surface area contributed by atoms with E-state index in [4.69, 9.17) is 4.74 Å². The lowest BCUT2D eigenvalue weighted by atomic mass is 9.66. The fourth-order valence-corrected chi connectivity index (χ4v) is 7.70. The molecular weight excluding hydrogens is 530 g/mol. The van der Waals surface area contributed by atoms with Gasteiger partial charge >= 0.3 is 0 Å². The molecule has 1 N–H and O–H groups in total. The van der Waals surface area contributed by atoms with E-state index < -0.39 is 35.1 Å². The van der Waals surface area contributed by atoms with Gasteiger partial charge in [0.15, 0.2) is 0 Å². The van der Waals surface area contributed by atoms with E-state index in [1.54, 1.807) is 29.0 Å². The van der Waals surface area contributed by atoms with Gasteiger partial charge in [-0.15, -0.1) is 13.2 Å². The van der Waals surface area contributed by atoms with E-state index in [0.717, 1.165) is 16.8 Å². The third-order valence-electron chi connectivity index (χ3n) is 9.47. The maximum atomic E-state index is 15.0. The zero-order valence-electron chi connectivity index (χ0n) is 25.0. The summed E-state index contributed by atoms with van der Waals surface area (Å²) in [5.74, 6) is -2.50. The van der Waals surface area contributed by atoms with Crippen LogP contribution in [0.2, 0.25) is 0 Å². The number of aliphatic hydroxyl groups is 1. The SMILES string of the molecule is C=CCN(C)C(=O)[C@H]1[C@H]2C(=O)N([C@H](CO)c3ccccc3)C(C(=O)N(CC=C)c3c(C)cccc3C)C23CC[C@]1(C)O3. The summed E-state index contributed by atoms with van der Waals surface area (Å²) in [5.41, 5.74) is 1.17. The van der Waals surface area contributed by atoms with Crippen molar-refractivity contribution in [2.75, 3.05) is 31.6 Å². The normalized spacial score (nSPS) is 28.4. The number of aliphatic hydroxyl groups excluding tert-OH is 1. The van der Waals surface area contributed by atoms with Crippen LogP contribution in [0.4, 0.5) is 5.69 Å². The molecule has 2 aromatic rings. The van der Waals surface area contributed by atoms with Crippen LogP contribution in [0.1, 0.15) is 42.5 Å². The number of hydrogen-bond acceptors (Lipinski definition) is 5. The lowest BCUT2D eigenvalue weighted by molar-refractivity contribution is -0.151. The fraction of sp³-hybridized carbons (Fsp3) is 0.441. The molecule has 3 fully saturated rings. The quantitative estimate of drug-likeness (QED) is 0.436. The second-order valence-corrected chi connectivity index (χ2v) is 12.1. The summed E-state index contributed by atoms with van der Waals surface area (Å²) < 4.78 is 6.83. The topological polar surface area (TPSA) is 90.4 Å². The molecule has 1 spiro atoms. The first-order valence-corrected chi connectivity index (χ1v) is 14.6. The van der Waals surface area contributed by atoms with Crippen molar-refractivity contribution >= 4 is 23.4 Å². The monoisotopic (exact) mass is 571 g/mol. The van der Waals surface area contributed by atoms with Crippen LogP contribution in [-0.2, 0) is 19.1 Å². The number of anilines is 1. The number of nitrogens with zero attached hydrogens (tertiary/aromatic N) is 3. The molecule has 3 aliphatic heterocycles. The predicted molar refractivity (Wildman–Crippen MR) is 162 cm³/mol. The first-order chi connectivity index (χ1) is 20.1. The number of carbonyl (C=O) groups excluding carboxylic acids is 3. The molecule has 42 heavy (non-hydrogen) atoms. The summed E-state index contributed by atoms with van der Waals surface area (Å²) >= 11 is 0. The summed E-state index contributed by atoms with van der Waals surface area (Å²) in [6, 6.07) is 13.2. The van der Waals surface area contributed by atoms with E-state index in [1.165, 1.54) is 4.90 Å². The number of likely N-dealkylation sites (tertiary alicyclic amines) is 1. The van der Waals surface area contributed by atoms with Gasteiger partial charge < -0.3 is 24.5 Å². The van der Waals surface area contributed by atoms with E-state index in [1.807, 2.05) is 69.3 Å². The predicted octanol–water partition coefficient (Wildman–Crippen LogP) is 3.97. The summed E-state index contributed by atoms with van der Waals surface area (Å²) in [4.78, 5) is 48.4. The maximum absolute atomic E-state index is 15.0. The smallest absolute Gasteiger partial charge is 0.253 e. The van der Waals surface area contributed by atoms with Gasteiger partial charge in [-0.05, 0) is 50.3 Å². The Morgan fingerprint density at radius 3 is 2.29 bits per heavy atom. The molecule has 3 saturated heterocycles. The summed E-state index contributed by atoms with van der Waals surface area (Å²) in [7, 11) is 1.69. The molecule has 8 nitrogen and oxygen atoms in total. The van der Waals surface area contributed by atoms with Crippen LogP contribution >= 0.6 is 0 Å². The minimum Gasteiger partial charge on any atom is -0.394 e. The number of carbonyl (C=O) groups is 3. The van der Waals surface area contributed by atoms with Crippen molar-refractivity contribution in [3.8, 4) is 0 Å². The van der Waals surface area contributed by atoms with Gasteiger partial charge in [0.25, 0.3) is 5.91 Å². The van der Waals surface area contributed by atoms with E-state index in [2.05, 4.69) is 13.2 Å². The molecule has 222 valence electrons. The van der Waals surface area contributed by atoms with Crippen LogP contribution < -0.4 is 4.90 Å². The number of benzene rings is 2. The molecule has 0 aliphatic carbocycles. The van der Waals surface area contributed by atoms with Gasteiger partial charge in [-0.1, -0.05) is 60.7 Å². The number of rotatable bonds is 10. The molecule has 3 heterocycles. The zero-order chi connectivity index (χ0) is 30.4. The summed E-state index contributed by atoms with van der Waals surface area (Å²) in [6.45, 7) is 13.6. The van der Waals surface area contributed by atoms with Crippen molar-refractivity contribution in [1.29, 1.82) is 0 Å². The molecule has 0 saturated carbocycles. The Morgan fingerprint density at radius 1 is 1.05 bits per heavy atom. The molecule has 0 aromatic heterocycles. The lowest BCUT2D eigenvalue weighted by Crippen LogP contribution is -2.57. The van der Waals surface area contributed by atoms with Crippen LogP contribution in [0.3, 0.4) is 0 Å². The Hall–Kier alpha value is -3.75. The molecule has 2 bridgehead atoms. The second-order valence-electron chi connectivity index (χ2n) is 12.1. The average molecular weight is 572 g/mol. The molecule has 2 aromatic carbocycles. The number of likely N-dealkylation sites (N-methyl/N-ethyl adjacent to an activating group) is 1. The summed E-state index contributed by atoms with van der Waals surface area (Å²) in [6.07, 6.45) is 4.30. The van der Waals surface area contributed by atoms with Crippen molar-refractivity contribution in [3.63, 3.8) is 0 Å². The van der Waals surface area contributed by atoms with Crippen molar-refractivity contribution in [2.45, 2.75) is 56.9 Å². The second kappa shape index (κ2) is 11.2. The van der Waals surface area contributed by atoms with Crippen LogP contribution in [0.25, 0.3) is 0 Å². The molecular formula is C34H41N3O5. The minimum atomic E-state index is -1.23. The Kier molecular flexibility index (Phi) is 7.89. The van der Waals surface area contributed by atoms with Gasteiger partial charge in [-0.3, -0.25) is 14.4 Å². The van der Waals surface area contributed by atoms with E-state index in [-0.39, 0.29) is 30.9 Å². The van der Waals surface area contributed by atoms with E-state index in [0.29, 0.717) is 24.9 Å². The minimum absolute atomic E-state index is 0.205. The van der Waals surface area contributed by atoms with Crippen LogP contribution in [0.5, 0.6) is 0 Å². The highest BCUT2D eigenvalue weighted by atomic mass is 16.5. The average Bonchev–Trinajstić information content (AvgIpc) is 3.54. The first kappa shape index (κ1) is 29.7. The van der Waals surface area contributed by atoms with E-state index >= 15 is 4.79 Å². The zero-order valence-corrected chi connectivity index (χ0v) is 25.0. The standard InChI is InChI=1S/C34H41N3O5/c1-7-19-35(6)30(39)26-27-31(40)37(25(21-38)24-15-10-9-11-16-24)29(34(27)18-17-33(26,5)42-34)32(41)36(20-8-2)28-22(3)13-12-14-23(28)4/h7-16,25-27,29,38H,1-2,17-21H2,3-6H3/t25-,26-,27+,29?,33+,34?/m1/s1. The number of ether oxygens (including phenoxy) is 1. The fourth-order valence-electron chi connectivity index (χ4n) is 7.70. The number of hydrogen-bond donors (Lipinski definition) is 1. The van der Waals surface area contributed by atoms with Crippen molar-refractivity contribution < 1.29 is 24.2 Å². The number of amides is 3. The van der Waals surface area contributed by atoms with Crippen molar-refractivity contribution in [1.82, 2.24) is 9.80 Å². The molecule has 3 amide bonds. The molecule has 2 unspecified atom stereocenters. The van der Waals surface area contributed by atoms with Gasteiger partial charge in [0.1, 0.15) is 11.6 Å². The van der Waals surface area contributed by atoms with Gasteiger partial charge in [-0.2, -0.15) is 0 Å². The van der Waals surface area contributed by atoms with Crippen molar-refractivity contribution in [2.24, 2.45) is 11.8 Å². The van der Waals surface area contributed by atoms with Crippen molar-refractivity contribution in [3.05, 3.63) is 90.5 Å². The Balaban J connectivity index is 1.70. The maximum Gasteiger partial charge on any atom is 0.253 e. The van der Waals surface area contributed by atoms with E-state index in [9.17, 15) is 14.7 Å². The molecule has 8 heteroatoms. The Morgan fingerprint density at radius 2 is 1.69 bits per heavy atom. The van der Waals surface area contributed by atoms with Gasteiger partial charge in [0.05, 0.1) is 30.1 Å². The molecule has 0 radical (unpaired) electrons.